The number of hydrogen-bond donors (Lipinski definition) is 1. The van der Waals surface area contributed by atoms with Crippen LogP contribution in [-0.2, 0) is 13.1 Å². The lowest BCUT2D eigenvalue weighted by Crippen LogP contribution is -2.37. The van der Waals surface area contributed by atoms with Crippen molar-refractivity contribution >= 4 is 17.6 Å². The first-order chi connectivity index (χ1) is 10.7. The van der Waals surface area contributed by atoms with Gasteiger partial charge < -0.3 is 10.2 Å². The molecule has 1 heterocycles. The van der Waals surface area contributed by atoms with Crippen LogP contribution in [0.3, 0.4) is 0 Å². The second kappa shape index (κ2) is 6.84. The van der Waals surface area contributed by atoms with E-state index >= 15 is 0 Å². The number of aryl methyl sites for hydroxylation is 1. The summed E-state index contributed by atoms with van der Waals surface area (Å²) in [7, 11) is 0. The number of nitrogens with zero attached hydrogens (tertiary/aromatic N) is 2. The van der Waals surface area contributed by atoms with E-state index in [2.05, 4.69) is 51.6 Å². The van der Waals surface area contributed by atoms with Gasteiger partial charge in [-0.05, 0) is 29.7 Å². The van der Waals surface area contributed by atoms with E-state index in [9.17, 15) is 0 Å². The molecular weight excluding hydrogens is 294 g/mol. The van der Waals surface area contributed by atoms with Crippen LogP contribution >= 0.6 is 11.6 Å². The van der Waals surface area contributed by atoms with Gasteiger partial charge in [0.25, 0.3) is 0 Å². The standard InChI is InChI=1S/C18H20ClN3/c1-14-11-16(7-8-17(14)19)12-21-18-20-9-10-22(18)13-15-5-3-2-4-6-15/h2-8,11H,9-10,12-13H2,1H3,(H,20,21). The molecule has 1 aliphatic rings. The molecule has 0 bridgehead atoms. The number of halogens is 1. The van der Waals surface area contributed by atoms with Crippen molar-refractivity contribution in [1.82, 2.24) is 10.2 Å². The highest BCUT2D eigenvalue weighted by Crippen LogP contribution is 2.16. The topological polar surface area (TPSA) is 27.6 Å². The molecule has 0 amide bonds. The summed E-state index contributed by atoms with van der Waals surface area (Å²) in [5.74, 6) is 0.983. The maximum atomic E-state index is 6.07. The lowest BCUT2D eigenvalue weighted by molar-refractivity contribution is 0.436. The number of hydrogen-bond acceptors (Lipinski definition) is 3. The SMILES string of the molecule is Cc1cc(CNC2=NCCN2Cc2ccccc2)ccc1Cl. The first kappa shape index (κ1) is 14.9. The molecule has 2 aromatic carbocycles. The Kier molecular flexibility index (Phi) is 4.64. The van der Waals surface area contributed by atoms with E-state index in [1.165, 1.54) is 11.1 Å². The van der Waals surface area contributed by atoms with E-state index in [0.29, 0.717) is 0 Å². The van der Waals surface area contributed by atoms with Gasteiger partial charge in [0.05, 0.1) is 6.54 Å². The summed E-state index contributed by atoms with van der Waals surface area (Å²) in [6, 6.07) is 16.6. The van der Waals surface area contributed by atoms with Crippen LogP contribution in [-0.4, -0.2) is 23.9 Å². The molecule has 22 heavy (non-hydrogen) atoms. The summed E-state index contributed by atoms with van der Waals surface area (Å²) in [5, 5.41) is 4.26. The Morgan fingerprint density at radius 2 is 1.95 bits per heavy atom. The molecule has 4 heteroatoms. The van der Waals surface area contributed by atoms with Crippen LogP contribution in [0.5, 0.6) is 0 Å². The molecule has 3 rings (SSSR count). The van der Waals surface area contributed by atoms with Crippen molar-refractivity contribution < 1.29 is 0 Å². The molecule has 0 fully saturated rings. The minimum absolute atomic E-state index is 0.766. The lowest BCUT2D eigenvalue weighted by Gasteiger charge is -2.21. The van der Waals surface area contributed by atoms with Crippen molar-refractivity contribution in [2.24, 2.45) is 4.99 Å². The molecule has 114 valence electrons. The first-order valence-corrected chi connectivity index (χ1v) is 7.92. The molecular formula is C18H20ClN3. The highest BCUT2D eigenvalue weighted by molar-refractivity contribution is 6.31. The van der Waals surface area contributed by atoms with Crippen LogP contribution in [0.4, 0.5) is 0 Å². The Hall–Kier alpha value is -2.00. The molecule has 0 saturated carbocycles. The zero-order valence-electron chi connectivity index (χ0n) is 12.7. The van der Waals surface area contributed by atoms with Gasteiger partial charge in [-0.1, -0.05) is 54.1 Å². The van der Waals surface area contributed by atoms with Crippen molar-refractivity contribution in [2.75, 3.05) is 13.1 Å². The Bertz CT molecular complexity index is 667. The highest BCUT2D eigenvalue weighted by atomic mass is 35.5. The molecule has 0 unspecified atom stereocenters. The Morgan fingerprint density at radius 3 is 2.73 bits per heavy atom. The smallest absolute Gasteiger partial charge is 0.194 e. The Morgan fingerprint density at radius 1 is 1.14 bits per heavy atom. The van der Waals surface area contributed by atoms with Gasteiger partial charge in [0, 0.05) is 24.7 Å². The monoisotopic (exact) mass is 313 g/mol. The second-order valence-electron chi connectivity index (χ2n) is 5.55. The zero-order valence-corrected chi connectivity index (χ0v) is 13.5. The average Bonchev–Trinajstić information content (AvgIpc) is 2.97. The van der Waals surface area contributed by atoms with E-state index in [-0.39, 0.29) is 0 Å². The zero-order chi connectivity index (χ0) is 15.4. The fourth-order valence-electron chi connectivity index (χ4n) is 2.61. The number of aliphatic imine (C=N–C) groups is 1. The third kappa shape index (κ3) is 3.60. The van der Waals surface area contributed by atoms with Crippen LogP contribution in [0.15, 0.2) is 53.5 Å². The summed E-state index contributed by atoms with van der Waals surface area (Å²) in [5.41, 5.74) is 3.63. The van der Waals surface area contributed by atoms with Crippen LogP contribution in [0.1, 0.15) is 16.7 Å². The van der Waals surface area contributed by atoms with Gasteiger partial charge in [-0.15, -0.1) is 0 Å². The molecule has 0 saturated heterocycles. The van der Waals surface area contributed by atoms with Crippen LogP contribution in [0.25, 0.3) is 0 Å². The van der Waals surface area contributed by atoms with Crippen molar-refractivity contribution in [3.05, 3.63) is 70.2 Å². The van der Waals surface area contributed by atoms with Crippen molar-refractivity contribution in [2.45, 2.75) is 20.0 Å². The predicted octanol–water partition coefficient (Wildman–Crippen LogP) is 3.61. The minimum atomic E-state index is 0.766. The third-order valence-corrected chi connectivity index (χ3v) is 4.24. The lowest BCUT2D eigenvalue weighted by atomic mass is 10.1. The molecule has 3 nitrogen and oxygen atoms in total. The van der Waals surface area contributed by atoms with Crippen LogP contribution < -0.4 is 5.32 Å². The van der Waals surface area contributed by atoms with Gasteiger partial charge in [0.15, 0.2) is 5.96 Å². The van der Waals surface area contributed by atoms with Crippen LogP contribution in [0.2, 0.25) is 5.02 Å². The molecule has 2 aromatic rings. The van der Waals surface area contributed by atoms with E-state index in [1.807, 2.05) is 19.1 Å². The second-order valence-corrected chi connectivity index (χ2v) is 5.96. The number of benzene rings is 2. The summed E-state index contributed by atoms with van der Waals surface area (Å²) in [4.78, 5) is 6.86. The predicted molar refractivity (Wildman–Crippen MR) is 92.2 cm³/mol. The largest absolute Gasteiger partial charge is 0.352 e. The highest BCUT2D eigenvalue weighted by Gasteiger charge is 2.16. The van der Waals surface area contributed by atoms with Gasteiger partial charge in [-0.3, -0.25) is 4.99 Å². The number of nitrogens with one attached hydrogen (secondary N) is 1. The van der Waals surface area contributed by atoms with E-state index in [4.69, 9.17) is 11.6 Å². The van der Waals surface area contributed by atoms with Gasteiger partial charge >= 0.3 is 0 Å². The molecule has 0 aliphatic carbocycles. The molecule has 0 atom stereocenters. The first-order valence-electron chi connectivity index (χ1n) is 7.54. The van der Waals surface area contributed by atoms with E-state index in [1.54, 1.807) is 0 Å². The van der Waals surface area contributed by atoms with Gasteiger partial charge in [-0.2, -0.15) is 0 Å². The quantitative estimate of drug-likeness (QED) is 0.933. The molecule has 0 radical (unpaired) electrons. The summed E-state index contributed by atoms with van der Waals surface area (Å²) in [6.07, 6.45) is 0. The molecule has 1 N–H and O–H groups in total. The molecule has 0 spiro atoms. The maximum Gasteiger partial charge on any atom is 0.194 e. The van der Waals surface area contributed by atoms with Crippen LogP contribution in [0, 0.1) is 6.92 Å². The van der Waals surface area contributed by atoms with E-state index in [0.717, 1.165) is 42.7 Å². The molecule has 1 aliphatic heterocycles. The summed E-state index contributed by atoms with van der Waals surface area (Å²) in [6.45, 7) is 5.51. The normalized spacial score (nSPS) is 14.1. The Labute approximate surface area is 136 Å². The van der Waals surface area contributed by atoms with Gasteiger partial charge in [0.1, 0.15) is 0 Å². The van der Waals surface area contributed by atoms with Gasteiger partial charge in [0.2, 0.25) is 0 Å². The van der Waals surface area contributed by atoms with Crippen molar-refractivity contribution in [1.29, 1.82) is 0 Å². The molecule has 0 aromatic heterocycles. The minimum Gasteiger partial charge on any atom is -0.352 e. The van der Waals surface area contributed by atoms with E-state index < -0.39 is 0 Å². The summed E-state index contributed by atoms with van der Waals surface area (Å²) < 4.78 is 0. The third-order valence-electron chi connectivity index (χ3n) is 3.82. The van der Waals surface area contributed by atoms with Crippen molar-refractivity contribution in [3.8, 4) is 0 Å². The maximum absolute atomic E-state index is 6.07. The van der Waals surface area contributed by atoms with Gasteiger partial charge in [-0.25, -0.2) is 0 Å². The fraction of sp³-hybridized carbons (Fsp3) is 0.278. The average molecular weight is 314 g/mol. The summed E-state index contributed by atoms with van der Waals surface area (Å²) >= 11 is 6.07. The van der Waals surface area contributed by atoms with Crippen molar-refractivity contribution in [3.63, 3.8) is 0 Å². The Balaban J connectivity index is 1.60. The fourth-order valence-corrected chi connectivity index (χ4v) is 2.72. The number of guanidine groups is 1. The number of rotatable bonds is 4.